The normalized spacial score (nSPS) is 11.6. The van der Waals surface area contributed by atoms with Crippen LogP contribution < -0.4 is 15.5 Å². The number of hydrogen-bond acceptors (Lipinski definition) is 6. The van der Waals surface area contributed by atoms with Crippen LogP contribution in [0.25, 0.3) is 10.8 Å². The number of anilines is 1. The van der Waals surface area contributed by atoms with Gasteiger partial charge < -0.3 is 9.73 Å². The number of nitrogens with zero attached hydrogens (tertiary/aromatic N) is 1. The maximum Gasteiger partial charge on any atom is 0.329 e. The Morgan fingerprint density at radius 1 is 0.914 bits per heavy atom. The number of sulfonamides is 1. The summed E-state index contributed by atoms with van der Waals surface area (Å²) in [6.07, 6.45) is 1.21. The van der Waals surface area contributed by atoms with Crippen LogP contribution in [0.4, 0.5) is 5.69 Å². The number of furan rings is 1. The van der Waals surface area contributed by atoms with Crippen LogP contribution in [0.5, 0.6) is 0 Å². The van der Waals surface area contributed by atoms with Crippen molar-refractivity contribution in [3.05, 3.63) is 95.9 Å². The molecule has 10 heteroatoms. The molecule has 0 spiro atoms. The van der Waals surface area contributed by atoms with Gasteiger partial charge in [-0.15, -0.1) is 0 Å². The molecule has 1 aromatic heterocycles. The first-order chi connectivity index (χ1) is 16.8. The first-order valence-corrected chi connectivity index (χ1v) is 12.1. The number of nitrogens with one attached hydrogen (secondary N) is 3. The van der Waals surface area contributed by atoms with Crippen molar-refractivity contribution in [3.8, 4) is 0 Å². The monoisotopic (exact) mass is 490 g/mol. The van der Waals surface area contributed by atoms with Gasteiger partial charge in [-0.25, -0.2) is 18.6 Å². The number of hydrogen-bond donors (Lipinski definition) is 3. The van der Waals surface area contributed by atoms with E-state index in [4.69, 9.17) is 4.42 Å². The molecule has 0 aliphatic carbocycles. The maximum atomic E-state index is 12.4. The van der Waals surface area contributed by atoms with E-state index in [-0.39, 0.29) is 17.2 Å². The lowest BCUT2D eigenvalue weighted by molar-refractivity contribution is -0.136. The van der Waals surface area contributed by atoms with Crippen molar-refractivity contribution >= 4 is 44.5 Å². The van der Waals surface area contributed by atoms with Crippen molar-refractivity contribution in [3.63, 3.8) is 0 Å². The third kappa shape index (κ3) is 5.99. The van der Waals surface area contributed by atoms with E-state index in [0.29, 0.717) is 11.4 Å². The number of aryl methyl sites for hydroxylation is 1. The second-order valence-electron chi connectivity index (χ2n) is 7.62. The summed E-state index contributed by atoms with van der Waals surface area (Å²) in [5, 5.41) is 8.03. The number of carbonyl (C=O) groups is 2. The second-order valence-corrected chi connectivity index (χ2v) is 9.39. The fourth-order valence-corrected chi connectivity index (χ4v) is 4.24. The van der Waals surface area contributed by atoms with Gasteiger partial charge in [-0.05, 0) is 42.6 Å². The van der Waals surface area contributed by atoms with E-state index in [0.717, 1.165) is 16.3 Å². The lowest BCUT2D eigenvalue weighted by Crippen LogP contribution is -2.32. The average Bonchev–Trinajstić information content (AvgIpc) is 3.31. The number of carbonyl (C=O) groups excluding carboxylic acids is 2. The molecule has 0 bridgehead atoms. The molecule has 9 nitrogen and oxygen atoms in total. The smallest absolute Gasteiger partial charge is 0.329 e. The zero-order valence-electron chi connectivity index (χ0n) is 18.7. The quantitative estimate of drug-likeness (QED) is 0.208. The zero-order chi connectivity index (χ0) is 24.8. The van der Waals surface area contributed by atoms with Crippen LogP contribution in [0.2, 0.25) is 0 Å². The lowest BCUT2D eigenvalue weighted by Gasteiger charge is -2.07. The third-order valence-electron chi connectivity index (χ3n) is 5.05. The summed E-state index contributed by atoms with van der Waals surface area (Å²) < 4.78 is 32.7. The van der Waals surface area contributed by atoms with Gasteiger partial charge >= 0.3 is 11.8 Å². The Balaban J connectivity index is 1.30. The zero-order valence-corrected chi connectivity index (χ0v) is 19.5. The molecule has 0 saturated heterocycles. The summed E-state index contributed by atoms with van der Waals surface area (Å²) in [7, 11) is -3.69. The van der Waals surface area contributed by atoms with Gasteiger partial charge in [-0.3, -0.25) is 9.59 Å². The van der Waals surface area contributed by atoms with Crippen LogP contribution in [0.3, 0.4) is 0 Å². The molecule has 35 heavy (non-hydrogen) atoms. The molecule has 0 atom stereocenters. The molecule has 0 unspecified atom stereocenters. The van der Waals surface area contributed by atoms with Gasteiger partial charge in [0.1, 0.15) is 11.5 Å². The van der Waals surface area contributed by atoms with E-state index in [1.807, 2.05) is 37.3 Å². The van der Waals surface area contributed by atoms with E-state index in [2.05, 4.69) is 20.6 Å². The topological polar surface area (TPSA) is 130 Å². The van der Waals surface area contributed by atoms with Crippen LogP contribution in [0.15, 0.2) is 93.3 Å². The van der Waals surface area contributed by atoms with Crippen LogP contribution in [0, 0.1) is 6.92 Å². The van der Waals surface area contributed by atoms with Gasteiger partial charge in [-0.1, -0.05) is 54.1 Å². The predicted octanol–water partition coefficient (Wildman–Crippen LogP) is 3.31. The Labute approximate surface area is 201 Å². The van der Waals surface area contributed by atoms with E-state index in [9.17, 15) is 18.0 Å². The summed E-state index contributed by atoms with van der Waals surface area (Å²) in [5.41, 5.74) is 3.60. The van der Waals surface area contributed by atoms with Crippen LogP contribution in [0.1, 0.15) is 17.1 Å². The van der Waals surface area contributed by atoms with Crippen molar-refractivity contribution in [2.75, 3.05) is 5.32 Å². The summed E-state index contributed by atoms with van der Waals surface area (Å²) in [6, 6.07) is 22.5. The van der Waals surface area contributed by atoms with Crippen molar-refractivity contribution < 1.29 is 22.4 Å². The molecule has 4 rings (SSSR count). The van der Waals surface area contributed by atoms with E-state index >= 15 is 0 Å². The molecule has 0 fully saturated rings. The number of hydrazone groups is 1. The lowest BCUT2D eigenvalue weighted by atomic mass is 10.1. The fraction of sp³-hybridized carbons (Fsp3) is 0.0800. The standard InChI is InChI=1S/C25H22N4O5S/c1-17-9-13-21(14-10-17)35(32,33)27-16-20-12-11-19(34-20)15-26-29-25(31)24(30)28-23-8-4-6-18-5-2-3-7-22(18)23/h2-15,27H,16H2,1H3,(H,28,30)(H,29,31)/b26-15+. The van der Waals surface area contributed by atoms with Crippen molar-refractivity contribution in [2.24, 2.45) is 5.10 Å². The van der Waals surface area contributed by atoms with Gasteiger partial charge in [0.15, 0.2) is 0 Å². The second kappa shape index (κ2) is 10.3. The van der Waals surface area contributed by atoms with E-state index in [1.54, 1.807) is 36.4 Å². The number of benzene rings is 3. The minimum atomic E-state index is -3.69. The van der Waals surface area contributed by atoms with Gasteiger partial charge in [-0.2, -0.15) is 5.10 Å². The molecular formula is C25H22N4O5S. The molecule has 1 heterocycles. The summed E-state index contributed by atoms with van der Waals surface area (Å²) >= 11 is 0. The first kappa shape index (κ1) is 23.9. The van der Waals surface area contributed by atoms with Crippen LogP contribution in [-0.4, -0.2) is 26.4 Å². The molecule has 2 amide bonds. The van der Waals surface area contributed by atoms with Crippen molar-refractivity contribution in [1.29, 1.82) is 0 Å². The maximum absolute atomic E-state index is 12.4. The SMILES string of the molecule is Cc1ccc(S(=O)(=O)NCc2ccc(/C=N/NC(=O)C(=O)Nc3cccc4ccccc34)o2)cc1. The molecular weight excluding hydrogens is 468 g/mol. The summed E-state index contributed by atoms with van der Waals surface area (Å²) in [6.45, 7) is 1.81. The van der Waals surface area contributed by atoms with Crippen LogP contribution in [-0.2, 0) is 26.2 Å². The highest BCUT2D eigenvalue weighted by molar-refractivity contribution is 7.89. The molecule has 0 aliphatic heterocycles. The largest absolute Gasteiger partial charge is 0.459 e. The highest BCUT2D eigenvalue weighted by Gasteiger charge is 2.15. The molecule has 3 N–H and O–H groups in total. The Morgan fingerprint density at radius 3 is 2.46 bits per heavy atom. The Morgan fingerprint density at radius 2 is 1.66 bits per heavy atom. The summed E-state index contributed by atoms with van der Waals surface area (Å²) in [4.78, 5) is 24.5. The summed E-state index contributed by atoms with van der Waals surface area (Å²) in [5.74, 6) is -1.21. The van der Waals surface area contributed by atoms with E-state index < -0.39 is 21.8 Å². The van der Waals surface area contributed by atoms with Gasteiger partial charge in [0.25, 0.3) is 0 Å². The molecule has 0 aliphatic rings. The molecule has 0 saturated carbocycles. The molecule has 4 aromatic rings. The van der Waals surface area contributed by atoms with Gasteiger partial charge in [0.05, 0.1) is 17.7 Å². The first-order valence-electron chi connectivity index (χ1n) is 10.6. The molecule has 0 radical (unpaired) electrons. The highest BCUT2D eigenvalue weighted by Crippen LogP contribution is 2.22. The number of amides is 2. The fourth-order valence-electron chi connectivity index (χ4n) is 3.24. The number of fused-ring (bicyclic) bond motifs is 1. The minimum absolute atomic E-state index is 0.0656. The van der Waals surface area contributed by atoms with E-state index in [1.165, 1.54) is 18.3 Å². The molecule has 3 aromatic carbocycles. The molecule has 178 valence electrons. The third-order valence-corrected chi connectivity index (χ3v) is 6.47. The van der Waals surface area contributed by atoms with Crippen molar-refractivity contribution in [2.45, 2.75) is 18.4 Å². The number of rotatable bonds is 7. The Hall–Kier alpha value is -4.28. The highest BCUT2D eigenvalue weighted by atomic mass is 32.2. The average molecular weight is 491 g/mol. The van der Waals surface area contributed by atoms with Crippen LogP contribution >= 0.6 is 0 Å². The van der Waals surface area contributed by atoms with Gasteiger partial charge in [0, 0.05) is 11.1 Å². The Kier molecular flexibility index (Phi) is 7.04. The Bertz CT molecular complexity index is 1500. The predicted molar refractivity (Wildman–Crippen MR) is 132 cm³/mol. The van der Waals surface area contributed by atoms with Crippen molar-refractivity contribution in [1.82, 2.24) is 10.1 Å². The minimum Gasteiger partial charge on any atom is -0.459 e. The van der Waals surface area contributed by atoms with Gasteiger partial charge in [0.2, 0.25) is 10.0 Å².